The van der Waals surface area contributed by atoms with Crippen molar-refractivity contribution in [2.24, 2.45) is 0 Å². The summed E-state index contributed by atoms with van der Waals surface area (Å²) in [5.74, 6) is 0.287. The summed E-state index contributed by atoms with van der Waals surface area (Å²) in [4.78, 5) is 21.9. The van der Waals surface area contributed by atoms with Crippen molar-refractivity contribution < 1.29 is 24.2 Å². The van der Waals surface area contributed by atoms with E-state index in [2.05, 4.69) is 5.32 Å². The molecule has 0 radical (unpaired) electrons. The lowest BCUT2D eigenvalue weighted by Gasteiger charge is -2.10. The summed E-state index contributed by atoms with van der Waals surface area (Å²) in [5, 5.41) is 11.2. The van der Waals surface area contributed by atoms with E-state index in [1.807, 2.05) is 55.5 Å². The molecule has 0 fully saturated rings. The number of ether oxygens (including phenoxy) is 2. The number of nitrogens with one attached hydrogen (secondary N) is 1. The van der Waals surface area contributed by atoms with Crippen LogP contribution in [0.3, 0.4) is 0 Å². The minimum Gasteiger partial charge on any atom is -0.490 e. The molecule has 2 aromatic rings. The van der Waals surface area contributed by atoms with Gasteiger partial charge < -0.3 is 19.9 Å². The highest BCUT2D eigenvalue weighted by molar-refractivity contribution is 5.80. The van der Waals surface area contributed by atoms with Gasteiger partial charge in [0.2, 0.25) is 5.91 Å². The molecule has 0 aliphatic heterocycles. The highest BCUT2D eigenvalue weighted by Crippen LogP contribution is 2.14. The molecule has 0 saturated carbocycles. The minimum atomic E-state index is -0.979. The van der Waals surface area contributed by atoms with Gasteiger partial charge in [-0.3, -0.25) is 9.59 Å². The predicted octanol–water partition coefficient (Wildman–Crippen LogP) is 2.93. The second-order valence-corrected chi connectivity index (χ2v) is 5.83. The third kappa shape index (κ3) is 7.25. The molecule has 0 saturated heterocycles. The van der Waals surface area contributed by atoms with Crippen LogP contribution in [0.5, 0.6) is 11.5 Å². The van der Waals surface area contributed by atoms with Crippen molar-refractivity contribution in [2.45, 2.75) is 26.3 Å². The van der Waals surface area contributed by atoms with Gasteiger partial charge in [0.1, 0.15) is 24.7 Å². The van der Waals surface area contributed by atoms with Gasteiger partial charge in [-0.2, -0.15) is 0 Å². The van der Waals surface area contributed by atoms with Crippen LogP contribution in [-0.4, -0.2) is 30.2 Å². The van der Waals surface area contributed by atoms with Gasteiger partial charge in [0.15, 0.2) is 0 Å². The van der Waals surface area contributed by atoms with Crippen molar-refractivity contribution in [1.29, 1.82) is 0 Å². The first-order valence-electron chi connectivity index (χ1n) is 8.42. The summed E-state index contributed by atoms with van der Waals surface area (Å²) in [6.45, 7) is 3.25. The van der Waals surface area contributed by atoms with Crippen LogP contribution < -0.4 is 14.8 Å². The number of hydrogen-bond donors (Lipinski definition) is 2. The number of carbonyl (C=O) groups is 2. The van der Waals surface area contributed by atoms with Crippen LogP contribution in [0, 0.1) is 6.92 Å². The maximum absolute atomic E-state index is 11.5. The number of carboxylic acids is 1. The molecule has 0 heterocycles. The molecule has 138 valence electrons. The number of hydrogen-bond acceptors (Lipinski definition) is 4. The number of carbonyl (C=O) groups excluding carboxylic acids is 1. The lowest BCUT2D eigenvalue weighted by molar-refractivity contribution is -0.138. The van der Waals surface area contributed by atoms with Gasteiger partial charge in [-0.25, -0.2) is 0 Å². The number of rotatable bonds is 10. The van der Waals surface area contributed by atoms with Crippen LogP contribution >= 0.6 is 0 Å². The first-order valence-corrected chi connectivity index (χ1v) is 8.42. The number of carboxylic acid groups (broad SMARTS) is 1. The second kappa shape index (κ2) is 10.1. The minimum absolute atomic E-state index is 0.0164. The van der Waals surface area contributed by atoms with Gasteiger partial charge in [-0.05, 0) is 42.3 Å². The molecular weight excluding hydrogens is 334 g/mol. The Morgan fingerprint density at radius 2 is 1.65 bits per heavy atom. The fourth-order valence-corrected chi connectivity index (χ4v) is 2.24. The zero-order valence-electron chi connectivity index (χ0n) is 14.7. The van der Waals surface area contributed by atoms with E-state index in [1.54, 1.807) is 0 Å². The van der Waals surface area contributed by atoms with E-state index in [1.165, 1.54) is 0 Å². The van der Waals surface area contributed by atoms with E-state index in [4.69, 9.17) is 14.6 Å². The van der Waals surface area contributed by atoms with E-state index >= 15 is 0 Å². The van der Waals surface area contributed by atoms with Gasteiger partial charge in [-0.15, -0.1) is 0 Å². The summed E-state index contributed by atoms with van der Waals surface area (Å²) in [6, 6.07) is 15.2. The molecule has 6 heteroatoms. The highest BCUT2D eigenvalue weighted by Gasteiger charge is 2.05. The second-order valence-electron chi connectivity index (χ2n) is 5.83. The predicted molar refractivity (Wildman–Crippen MR) is 97.3 cm³/mol. The van der Waals surface area contributed by atoms with Crippen LogP contribution in [0.25, 0.3) is 0 Å². The van der Waals surface area contributed by atoms with E-state index in [-0.39, 0.29) is 18.7 Å². The quantitative estimate of drug-likeness (QED) is 0.639. The number of amides is 1. The average Bonchev–Trinajstić information content (AvgIpc) is 2.63. The standard InChI is InChI=1S/C20H23NO5/c1-15-3-2-4-18(13-15)26-12-11-25-17-7-5-16(6-8-17)14-21-19(22)9-10-20(23)24/h2-8,13H,9-12,14H2,1H3,(H,21,22)(H,23,24). The third-order valence-electron chi connectivity index (χ3n) is 3.59. The van der Waals surface area contributed by atoms with Gasteiger partial charge >= 0.3 is 5.97 Å². The normalized spacial score (nSPS) is 10.2. The maximum Gasteiger partial charge on any atom is 0.303 e. The topological polar surface area (TPSA) is 84.9 Å². The zero-order chi connectivity index (χ0) is 18.8. The Balaban J connectivity index is 1.67. The van der Waals surface area contributed by atoms with Gasteiger partial charge in [0.05, 0.1) is 6.42 Å². The first kappa shape index (κ1) is 19.3. The van der Waals surface area contributed by atoms with Crippen molar-refractivity contribution >= 4 is 11.9 Å². The van der Waals surface area contributed by atoms with Crippen molar-refractivity contribution in [1.82, 2.24) is 5.32 Å². The number of aryl methyl sites for hydroxylation is 1. The Labute approximate surface area is 152 Å². The van der Waals surface area contributed by atoms with Crippen LogP contribution in [-0.2, 0) is 16.1 Å². The Hall–Kier alpha value is -3.02. The molecule has 0 aromatic heterocycles. The van der Waals surface area contributed by atoms with Gasteiger partial charge in [-0.1, -0.05) is 24.3 Å². The average molecular weight is 357 g/mol. The molecule has 0 spiro atoms. The van der Waals surface area contributed by atoms with E-state index in [9.17, 15) is 9.59 Å². The van der Waals surface area contributed by atoms with Crippen molar-refractivity contribution in [3.8, 4) is 11.5 Å². The molecule has 0 bridgehead atoms. The van der Waals surface area contributed by atoms with Crippen molar-refractivity contribution in [3.63, 3.8) is 0 Å². The fraction of sp³-hybridized carbons (Fsp3) is 0.300. The van der Waals surface area contributed by atoms with Crippen LogP contribution in [0.15, 0.2) is 48.5 Å². The van der Waals surface area contributed by atoms with E-state index in [0.717, 1.165) is 22.6 Å². The Kier molecular flexibility index (Phi) is 7.49. The zero-order valence-corrected chi connectivity index (χ0v) is 14.7. The van der Waals surface area contributed by atoms with Crippen molar-refractivity contribution in [3.05, 3.63) is 59.7 Å². The van der Waals surface area contributed by atoms with Crippen LogP contribution in [0.2, 0.25) is 0 Å². The monoisotopic (exact) mass is 357 g/mol. The molecule has 0 atom stereocenters. The molecule has 2 rings (SSSR count). The summed E-state index contributed by atoms with van der Waals surface area (Å²) in [6.07, 6.45) is -0.180. The summed E-state index contributed by atoms with van der Waals surface area (Å²) in [5.41, 5.74) is 2.06. The molecule has 1 amide bonds. The van der Waals surface area contributed by atoms with Crippen LogP contribution in [0.4, 0.5) is 0 Å². The van der Waals surface area contributed by atoms with Gasteiger partial charge in [0, 0.05) is 13.0 Å². The third-order valence-corrected chi connectivity index (χ3v) is 3.59. The van der Waals surface area contributed by atoms with E-state index in [0.29, 0.717) is 19.8 Å². The molecule has 0 aliphatic carbocycles. The summed E-state index contributed by atoms with van der Waals surface area (Å²) >= 11 is 0. The lowest BCUT2D eigenvalue weighted by Crippen LogP contribution is -2.23. The lowest BCUT2D eigenvalue weighted by atomic mass is 10.2. The number of benzene rings is 2. The van der Waals surface area contributed by atoms with E-state index < -0.39 is 5.97 Å². The van der Waals surface area contributed by atoms with Gasteiger partial charge in [0.25, 0.3) is 0 Å². The number of aliphatic carboxylic acids is 1. The first-order chi connectivity index (χ1) is 12.5. The van der Waals surface area contributed by atoms with Crippen molar-refractivity contribution in [2.75, 3.05) is 13.2 Å². The molecule has 0 unspecified atom stereocenters. The molecular formula is C20H23NO5. The summed E-state index contributed by atoms with van der Waals surface area (Å²) in [7, 11) is 0. The summed E-state index contributed by atoms with van der Waals surface area (Å²) < 4.78 is 11.2. The molecule has 0 aliphatic rings. The van der Waals surface area contributed by atoms with Crippen LogP contribution in [0.1, 0.15) is 24.0 Å². The Morgan fingerprint density at radius 1 is 0.962 bits per heavy atom. The smallest absolute Gasteiger partial charge is 0.303 e. The largest absolute Gasteiger partial charge is 0.490 e. The molecule has 2 aromatic carbocycles. The maximum atomic E-state index is 11.5. The SMILES string of the molecule is Cc1cccc(OCCOc2ccc(CNC(=O)CCC(=O)O)cc2)c1. The molecule has 6 nitrogen and oxygen atoms in total. The fourth-order valence-electron chi connectivity index (χ4n) is 2.24. The Bertz CT molecular complexity index is 727. The Morgan fingerprint density at radius 3 is 2.31 bits per heavy atom. The molecule has 2 N–H and O–H groups in total. The molecule has 26 heavy (non-hydrogen) atoms. The highest BCUT2D eigenvalue weighted by atomic mass is 16.5.